The average molecular weight is 187 g/mol. The Labute approximate surface area is 73.8 Å². The van der Waals surface area contributed by atoms with Crippen LogP contribution in [0, 0.1) is 0 Å². The Morgan fingerprint density at radius 2 is 2.58 bits per heavy atom. The second-order valence-corrected chi connectivity index (χ2v) is 3.36. The number of thiazole rings is 1. The number of rotatable bonds is 3. The summed E-state index contributed by atoms with van der Waals surface area (Å²) in [5.74, 6) is 0. The lowest BCUT2D eigenvalue weighted by Gasteiger charge is -2.25. The van der Waals surface area contributed by atoms with E-state index in [1.165, 1.54) is 11.3 Å². The van der Waals surface area contributed by atoms with Gasteiger partial charge in [-0.3, -0.25) is 0 Å². The molecule has 12 heavy (non-hydrogen) atoms. The fourth-order valence-corrected chi connectivity index (χ4v) is 1.57. The van der Waals surface area contributed by atoms with Crippen molar-refractivity contribution in [2.45, 2.75) is 12.7 Å². The van der Waals surface area contributed by atoms with Gasteiger partial charge in [-0.2, -0.15) is 0 Å². The van der Waals surface area contributed by atoms with E-state index in [9.17, 15) is 0 Å². The van der Waals surface area contributed by atoms with Crippen LogP contribution >= 0.6 is 11.3 Å². The van der Waals surface area contributed by atoms with E-state index in [0.29, 0.717) is 24.1 Å². The summed E-state index contributed by atoms with van der Waals surface area (Å²) in [6.45, 7) is 1.27. The molecule has 66 valence electrons. The number of hydrogen-bond donors (Lipinski definition) is 1. The van der Waals surface area contributed by atoms with Crippen molar-refractivity contribution in [1.29, 1.82) is 0 Å². The molecule has 1 fully saturated rings. The number of aromatic nitrogens is 1. The molecule has 1 aromatic rings. The van der Waals surface area contributed by atoms with Crippen LogP contribution < -0.4 is 4.74 Å². The van der Waals surface area contributed by atoms with Gasteiger partial charge in [-0.15, -0.1) is 0 Å². The summed E-state index contributed by atoms with van der Waals surface area (Å²) in [6.07, 6.45) is 0.155. The fraction of sp³-hybridized carbons (Fsp3) is 0.571. The molecule has 1 saturated heterocycles. The minimum Gasteiger partial charge on any atom is -0.462 e. The average Bonchev–Trinajstić information content (AvgIpc) is 2.44. The van der Waals surface area contributed by atoms with Crippen LogP contribution in [0.1, 0.15) is 5.69 Å². The van der Waals surface area contributed by atoms with E-state index in [1.807, 2.05) is 0 Å². The Balaban J connectivity index is 1.93. The molecule has 0 amide bonds. The van der Waals surface area contributed by atoms with Crippen molar-refractivity contribution in [1.82, 2.24) is 4.98 Å². The third-order valence-corrected chi connectivity index (χ3v) is 2.35. The highest BCUT2D eigenvalue weighted by atomic mass is 32.1. The lowest BCUT2D eigenvalue weighted by molar-refractivity contribution is -0.0797. The van der Waals surface area contributed by atoms with Crippen molar-refractivity contribution in [3.8, 4) is 5.19 Å². The Kier molecular flexibility index (Phi) is 2.25. The van der Waals surface area contributed by atoms with Gasteiger partial charge in [-0.25, -0.2) is 4.98 Å². The van der Waals surface area contributed by atoms with E-state index >= 15 is 0 Å². The Morgan fingerprint density at radius 3 is 3.08 bits per heavy atom. The molecule has 1 aliphatic heterocycles. The zero-order valence-corrected chi connectivity index (χ0v) is 7.21. The van der Waals surface area contributed by atoms with Crippen LogP contribution in [0.15, 0.2) is 5.38 Å². The highest BCUT2D eigenvalue weighted by Gasteiger charge is 2.21. The zero-order valence-electron chi connectivity index (χ0n) is 6.40. The van der Waals surface area contributed by atoms with Gasteiger partial charge in [0.25, 0.3) is 5.19 Å². The van der Waals surface area contributed by atoms with Gasteiger partial charge in [0.2, 0.25) is 0 Å². The van der Waals surface area contributed by atoms with Crippen molar-refractivity contribution in [2.24, 2.45) is 0 Å². The largest absolute Gasteiger partial charge is 0.462 e. The maximum absolute atomic E-state index is 8.72. The summed E-state index contributed by atoms with van der Waals surface area (Å²) in [6, 6.07) is 0. The Hall–Kier alpha value is -0.650. The van der Waals surface area contributed by atoms with Gasteiger partial charge in [0, 0.05) is 5.38 Å². The molecule has 0 aliphatic carbocycles. The van der Waals surface area contributed by atoms with Gasteiger partial charge in [0.15, 0.2) is 0 Å². The molecule has 2 rings (SSSR count). The minimum absolute atomic E-state index is 0.0268. The second kappa shape index (κ2) is 3.38. The first-order valence-electron chi connectivity index (χ1n) is 3.68. The third-order valence-electron chi connectivity index (χ3n) is 1.57. The van der Waals surface area contributed by atoms with Crippen LogP contribution in [-0.4, -0.2) is 29.4 Å². The molecule has 1 N–H and O–H groups in total. The highest BCUT2D eigenvalue weighted by molar-refractivity contribution is 7.11. The van der Waals surface area contributed by atoms with Gasteiger partial charge in [-0.1, -0.05) is 11.3 Å². The number of aliphatic hydroxyl groups excluding tert-OH is 1. The maximum Gasteiger partial charge on any atom is 0.273 e. The van der Waals surface area contributed by atoms with Crippen LogP contribution in [0.4, 0.5) is 0 Å². The Morgan fingerprint density at radius 1 is 1.75 bits per heavy atom. The van der Waals surface area contributed by atoms with Crippen LogP contribution in [0.5, 0.6) is 5.19 Å². The first kappa shape index (κ1) is 7.97. The summed E-state index contributed by atoms with van der Waals surface area (Å²) in [5.41, 5.74) is 0.662. The van der Waals surface area contributed by atoms with Crippen molar-refractivity contribution in [2.75, 3.05) is 13.2 Å². The summed E-state index contributed by atoms with van der Waals surface area (Å²) >= 11 is 1.40. The van der Waals surface area contributed by atoms with E-state index in [2.05, 4.69) is 4.98 Å². The number of aliphatic hydroxyl groups is 1. The summed E-state index contributed by atoms with van der Waals surface area (Å²) in [5, 5.41) is 11.1. The van der Waals surface area contributed by atoms with Crippen LogP contribution in [0.3, 0.4) is 0 Å². The summed E-state index contributed by atoms with van der Waals surface area (Å²) in [7, 11) is 0. The van der Waals surface area contributed by atoms with Crippen molar-refractivity contribution in [3.63, 3.8) is 0 Å². The zero-order chi connectivity index (χ0) is 8.39. The van der Waals surface area contributed by atoms with E-state index in [0.717, 1.165) is 0 Å². The van der Waals surface area contributed by atoms with Crippen LogP contribution in [0.2, 0.25) is 0 Å². The Bertz CT molecular complexity index is 259. The normalized spacial score (nSPS) is 17.4. The molecule has 4 nitrogen and oxygen atoms in total. The predicted molar refractivity (Wildman–Crippen MR) is 43.3 cm³/mol. The topological polar surface area (TPSA) is 51.6 Å². The smallest absolute Gasteiger partial charge is 0.273 e. The molecule has 1 aliphatic rings. The second-order valence-electron chi connectivity index (χ2n) is 2.54. The van der Waals surface area contributed by atoms with Crippen molar-refractivity contribution >= 4 is 11.3 Å². The first-order valence-corrected chi connectivity index (χ1v) is 4.56. The third kappa shape index (κ3) is 1.57. The van der Waals surface area contributed by atoms with Gasteiger partial charge < -0.3 is 14.6 Å². The quantitative estimate of drug-likeness (QED) is 0.744. The molecular formula is C7H9NO3S. The van der Waals surface area contributed by atoms with E-state index in [1.54, 1.807) is 5.38 Å². The van der Waals surface area contributed by atoms with Gasteiger partial charge >= 0.3 is 0 Å². The van der Waals surface area contributed by atoms with Crippen molar-refractivity contribution in [3.05, 3.63) is 11.1 Å². The summed E-state index contributed by atoms with van der Waals surface area (Å²) in [4.78, 5) is 4.04. The fourth-order valence-electron chi connectivity index (χ4n) is 0.840. The van der Waals surface area contributed by atoms with Gasteiger partial charge in [0.05, 0.1) is 25.5 Å². The van der Waals surface area contributed by atoms with Crippen LogP contribution in [0.25, 0.3) is 0 Å². The lowest BCUT2D eigenvalue weighted by atomic mass is 10.3. The first-order chi connectivity index (χ1) is 5.88. The predicted octanol–water partition coefficient (Wildman–Crippen LogP) is 0.413. The molecule has 1 aromatic heterocycles. The lowest BCUT2D eigenvalue weighted by Crippen LogP contribution is -2.38. The molecule has 0 unspecified atom stereocenters. The molecule has 0 radical (unpaired) electrons. The van der Waals surface area contributed by atoms with E-state index in [4.69, 9.17) is 14.6 Å². The molecule has 0 saturated carbocycles. The molecule has 5 heteroatoms. The number of hydrogen-bond acceptors (Lipinski definition) is 5. The molecule has 0 bridgehead atoms. The molecular weight excluding hydrogens is 178 g/mol. The van der Waals surface area contributed by atoms with E-state index in [-0.39, 0.29) is 12.7 Å². The van der Waals surface area contributed by atoms with Gasteiger partial charge in [-0.05, 0) is 0 Å². The molecule has 0 atom stereocenters. The monoisotopic (exact) mass is 187 g/mol. The number of ether oxygens (including phenoxy) is 2. The van der Waals surface area contributed by atoms with E-state index < -0.39 is 0 Å². The number of nitrogens with zero attached hydrogens (tertiary/aromatic N) is 1. The summed E-state index contributed by atoms with van der Waals surface area (Å²) < 4.78 is 10.3. The van der Waals surface area contributed by atoms with Crippen LogP contribution in [-0.2, 0) is 11.3 Å². The van der Waals surface area contributed by atoms with Gasteiger partial charge in [0.1, 0.15) is 6.10 Å². The maximum atomic E-state index is 8.72. The standard InChI is InChI=1S/C7H9NO3S/c9-1-5-4-12-7(8-5)11-6-2-10-3-6/h4,6,9H,1-3H2. The highest BCUT2D eigenvalue weighted by Crippen LogP contribution is 2.21. The molecule has 0 aromatic carbocycles. The molecule has 0 spiro atoms. The SMILES string of the molecule is OCc1csc(OC2COC2)n1. The van der Waals surface area contributed by atoms with Crippen molar-refractivity contribution < 1.29 is 14.6 Å². The minimum atomic E-state index is -0.0268. The molecule has 2 heterocycles.